The number of hydrogen-bond acceptors (Lipinski definition) is 3. The van der Waals surface area contributed by atoms with Gasteiger partial charge < -0.3 is 14.8 Å². The summed E-state index contributed by atoms with van der Waals surface area (Å²) in [6, 6.07) is 0.695. The molecule has 0 spiro atoms. The largest absolute Gasteiger partial charge is 0.342 e. The van der Waals surface area contributed by atoms with Crippen LogP contribution in [0.1, 0.15) is 50.8 Å². The van der Waals surface area contributed by atoms with Crippen LogP contribution in [0.3, 0.4) is 0 Å². The Morgan fingerprint density at radius 2 is 1.86 bits per heavy atom. The summed E-state index contributed by atoms with van der Waals surface area (Å²) >= 11 is 0. The van der Waals surface area contributed by atoms with E-state index in [0.29, 0.717) is 6.04 Å². The van der Waals surface area contributed by atoms with Crippen molar-refractivity contribution in [3.63, 3.8) is 0 Å². The standard InChI is InChI=1S/C17H28N4/c1-2-15-12-21(16-6-4-3-5-7-16)17(19-15)20-10-13-8-18-9-14(13)11-20/h12-14,16,18H,2-11H2,1H3/t13-,14+. The maximum absolute atomic E-state index is 4.98. The van der Waals surface area contributed by atoms with Gasteiger partial charge in [-0.05, 0) is 31.1 Å². The summed E-state index contributed by atoms with van der Waals surface area (Å²) in [6.45, 7) is 7.02. The van der Waals surface area contributed by atoms with Crippen LogP contribution in [0.25, 0.3) is 0 Å². The molecule has 0 unspecified atom stereocenters. The fraction of sp³-hybridized carbons (Fsp3) is 0.824. The van der Waals surface area contributed by atoms with Gasteiger partial charge in [0.05, 0.1) is 5.69 Å². The van der Waals surface area contributed by atoms with Crippen LogP contribution in [0.5, 0.6) is 0 Å². The van der Waals surface area contributed by atoms with Crippen molar-refractivity contribution in [2.24, 2.45) is 11.8 Å². The predicted molar refractivity (Wildman–Crippen MR) is 85.8 cm³/mol. The molecule has 4 heteroatoms. The number of aryl methyl sites for hydroxylation is 1. The van der Waals surface area contributed by atoms with Gasteiger partial charge >= 0.3 is 0 Å². The monoisotopic (exact) mass is 288 g/mol. The minimum Gasteiger partial charge on any atom is -0.342 e. The molecule has 1 aliphatic carbocycles. The van der Waals surface area contributed by atoms with Crippen LogP contribution in [-0.4, -0.2) is 35.7 Å². The average Bonchev–Trinajstić information content (AvgIpc) is 3.21. The van der Waals surface area contributed by atoms with E-state index in [2.05, 4.69) is 27.9 Å². The molecule has 4 rings (SSSR count). The Labute approximate surface area is 127 Å². The van der Waals surface area contributed by atoms with Crippen molar-refractivity contribution >= 4 is 5.95 Å². The minimum atomic E-state index is 0.695. The lowest BCUT2D eigenvalue weighted by atomic mass is 9.95. The third kappa shape index (κ3) is 2.48. The Hall–Kier alpha value is -1.03. The van der Waals surface area contributed by atoms with E-state index < -0.39 is 0 Å². The van der Waals surface area contributed by atoms with Crippen molar-refractivity contribution in [2.45, 2.75) is 51.5 Å². The number of fused-ring (bicyclic) bond motifs is 1. The summed E-state index contributed by atoms with van der Waals surface area (Å²) in [5.41, 5.74) is 1.27. The van der Waals surface area contributed by atoms with E-state index in [4.69, 9.17) is 4.98 Å². The van der Waals surface area contributed by atoms with Gasteiger partial charge in [-0.2, -0.15) is 0 Å². The number of nitrogens with zero attached hydrogens (tertiary/aromatic N) is 3. The predicted octanol–water partition coefficient (Wildman–Crippen LogP) is 2.61. The van der Waals surface area contributed by atoms with Crippen LogP contribution >= 0.6 is 0 Å². The molecule has 3 fully saturated rings. The lowest BCUT2D eigenvalue weighted by molar-refractivity contribution is 0.353. The van der Waals surface area contributed by atoms with Gasteiger partial charge in [-0.1, -0.05) is 26.2 Å². The van der Waals surface area contributed by atoms with E-state index in [9.17, 15) is 0 Å². The highest BCUT2D eigenvalue weighted by Gasteiger charge is 2.38. The lowest BCUT2D eigenvalue weighted by Crippen LogP contribution is -2.29. The molecule has 4 nitrogen and oxygen atoms in total. The molecule has 0 aromatic carbocycles. The zero-order valence-corrected chi connectivity index (χ0v) is 13.2. The van der Waals surface area contributed by atoms with Crippen LogP contribution in [0.2, 0.25) is 0 Å². The summed E-state index contributed by atoms with van der Waals surface area (Å²) in [4.78, 5) is 7.56. The second kappa shape index (κ2) is 5.64. The summed E-state index contributed by atoms with van der Waals surface area (Å²) in [5, 5.41) is 3.54. The zero-order valence-electron chi connectivity index (χ0n) is 13.2. The smallest absolute Gasteiger partial charge is 0.205 e. The van der Waals surface area contributed by atoms with E-state index in [1.165, 1.54) is 69.9 Å². The van der Waals surface area contributed by atoms with Crippen molar-refractivity contribution in [1.82, 2.24) is 14.9 Å². The first-order chi connectivity index (χ1) is 10.3. The van der Waals surface area contributed by atoms with Crippen molar-refractivity contribution in [2.75, 3.05) is 31.1 Å². The fourth-order valence-electron chi connectivity index (χ4n) is 4.48. The molecule has 0 amide bonds. The van der Waals surface area contributed by atoms with Crippen molar-refractivity contribution in [3.8, 4) is 0 Å². The number of hydrogen-bond donors (Lipinski definition) is 1. The van der Waals surface area contributed by atoms with Gasteiger partial charge in [0, 0.05) is 38.4 Å². The molecule has 3 aliphatic rings. The fourth-order valence-corrected chi connectivity index (χ4v) is 4.48. The Balaban J connectivity index is 1.59. The molecular weight excluding hydrogens is 260 g/mol. The van der Waals surface area contributed by atoms with Gasteiger partial charge in [-0.25, -0.2) is 4.98 Å². The van der Waals surface area contributed by atoms with Gasteiger partial charge in [0.1, 0.15) is 0 Å². The molecule has 0 bridgehead atoms. The first-order valence-electron chi connectivity index (χ1n) is 8.88. The topological polar surface area (TPSA) is 33.1 Å². The molecule has 2 atom stereocenters. The first-order valence-corrected chi connectivity index (χ1v) is 8.88. The first kappa shape index (κ1) is 13.6. The molecule has 1 N–H and O–H groups in total. The number of nitrogens with one attached hydrogen (secondary N) is 1. The van der Waals surface area contributed by atoms with E-state index >= 15 is 0 Å². The normalized spacial score (nSPS) is 30.0. The third-order valence-corrected chi connectivity index (χ3v) is 5.77. The Kier molecular flexibility index (Phi) is 3.66. The van der Waals surface area contributed by atoms with Crippen LogP contribution in [-0.2, 0) is 6.42 Å². The molecule has 2 aliphatic heterocycles. The maximum atomic E-state index is 4.98. The summed E-state index contributed by atoms with van der Waals surface area (Å²) < 4.78 is 2.53. The number of anilines is 1. The zero-order chi connectivity index (χ0) is 14.2. The van der Waals surface area contributed by atoms with E-state index in [1.807, 2.05) is 0 Å². The molecule has 1 saturated carbocycles. The minimum absolute atomic E-state index is 0.695. The molecule has 1 aromatic heterocycles. The second-order valence-corrected chi connectivity index (χ2v) is 7.17. The molecule has 1 aromatic rings. The van der Waals surface area contributed by atoms with Gasteiger partial charge in [0.15, 0.2) is 0 Å². The average molecular weight is 288 g/mol. The molecule has 116 valence electrons. The van der Waals surface area contributed by atoms with Gasteiger partial charge in [-0.3, -0.25) is 0 Å². The van der Waals surface area contributed by atoms with E-state index in [0.717, 1.165) is 18.3 Å². The van der Waals surface area contributed by atoms with E-state index in [1.54, 1.807) is 0 Å². The van der Waals surface area contributed by atoms with Gasteiger partial charge in [0.2, 0.25) is 5.95 Å². The summed E-state index contributed by atoms with van der Waals surface area (Å²) in [7, 11) is 0. The van der Waals surface area contributed by atoms with Crippen LogP contribution in [0.4, 0.5) is 5.95 Å². The second-order valence-electron chi connectivity index (χ2n) is 7.17. The highest BCUT2D eigenvalue weighted by Crippen LogP contribution is 2.35. The molecule has 2 saturated heterocycles. The number of aromatic nitrogens is 2. The quantitative estimate of drug-likeness (QED) is 0.928. The van der Waals surface area contributed by atoms with Crippen molar-refractivity contribution < 1.29 is 0 Å². The Bertz CT molecular complexity index is 477. The lowest BCUT2D eigenvalue weighted by Gasteiger charge is -2.28. The van der Waals surface area contributed by atoms with Gasteiger partial charge in [-0.15, -0.1) is 0 Å². The number of imidazole rings is 1. The highest BCUT2D eigenvalue weighted by molar-refractivity contribution is 5.37. The molecule has 21 heavy (non-hydrogen) atoms. The maximum Gasteiger partial charge on any atom is 0.205 e. The summed E-state index contributed by atoms with van der Waals surface area (Å²) in [5.74, 6) is 2.95. The third-order valence-electron chi connectivity index (χ3n) is 5.77. The van der Waals surface area contributed by atoms with Crippen LogP contribution < -0.4 is 10.2 Å². The van der Waals surface area contributed by atoms with Crippen molar-refractivity contribution in [3.05, 3.63) is 11.9 Å². The van der Waals surface area contributed by atoms with Crippen LogP contribution in [0, 0.1) is 11.8 Å². The number of rotatable bonds is 3. The van der Waals surface area contributed by atoms with Gasteiger partial charge in [0.25, 0.3) is 0 Å². The van der Waals surface area contributed by atoms with Crippen LogP contribution in [0.15, 0.2) is 6.20 Å². The molecule has 0 radical (unpaired) electrons. The Morgan fingerprint density at radius 3 is 2.52 bits per heavy atom. The highest BCUT2D eigenvalue weighted by atomic mass is 15.3. The molecule has 3 heterocycles. The SMILES string of the molecule is CCc1cn(C2CCCCC2)c(N2C[C@H]3CNC[C@H]3C2)n1. The Morgan fingerprint density at radius 1 is 1.14 bits per heavy atom. The summed E-state index contributed by atoms with van der Waals surface area (Å²) in [6.07, 6.45) is 10.3. The van der Waals surface area contributed by atoms with Crippen molar-refractivity contribution in [1.29, 1.82) is 0 Å². The van der Waals surface area contributed by atoms with E-state index in [-0.39, 0.29) is 0 Å². The molecular formula is C17H28N4.